The summed E-state index contributed by atoms with van der Waals surface area (Å²) in [6.45, 7) is 1.03. The molecule has 166 valence electrons. The molecule has 0 atom stereocenters. The Morgan fingerprint density at radius 1 is 1.03 bits per heavy atom. The van der Waals surface area contributed by atoms with E-state index in [1.54, 1.807) is 30.5 Å². The molecule has 1 amide bonds. The first-order valence-corrected chi connectivity index (χ1v) is 12.2. The molecule has 7 nitrogen and oxygen atoms in total. The van der Waals surface area contributed by atoms with Gasteiger partial charge in [0, 0.05) is 17.8 Å². The van der Waals surface area contributed by atoms with Crippen molar-refractivity contribution in [2.45, 2.75) is 19.4 Å². The minimum atomic E-state index is -3.60. The summed E-state index contributed by atoms with van der Waals surface area (Å²) in [6, 6.07) is 18.2. The van der Waals surface area contributed by atoms with Gasteiger partial charge in [-0.05, 0) is 65.8 Å². The first-order valence-electron chi connectivity index (χ1n) is 10.3. The van der Waals surface area contributed by atoms with Crippen LogP contribution in [0.1, 0.15) is 28.8 Å². The second kappa shape index (κ2) is 9.40. The highest BCUT2D eigenvalue weighted by Crippen LogP contribution is 2.30. The SMILES string of the molecule is CS(=O)(=O)NC(=O)c1ccc(COc2cccc(-c3ccnc(OCC4CC4)c3)c2)cc1. The molecule has 1 aliphatic rings. The van der Waals surface area contributed by atoms with Crippen LogP contribution in [0, 0.1) is 5.92 Å². The van der Waals surface area contributed by atoms with Gasteiger partial charge in [-0.15, -0.1) is 0 Å². The van der Waals surface area contributed by atoms with Gasteiger partial charge >= 0.3 is 0 Å². The van der Waals surface area contributed by atoms with Crippen molar-refractivity contribution in [3.63, 3.8) is 0 Å². The number of nitrogens with zero attached hydrogens (tertiary/aromatic N) is 1. The fraction of sp³-hybridized carbons (Fsp3) is 0.250. The summed E-state index contributed by atoms with van der Waals surface area (Å²) in [4.78, 5) is 16.2. The molecule has 1 saturated carbocycles. The van der Waals surface area contributed by atoms with E-state index in [1.165, 1.54) is 12.8 Å². The molecule has 4 rings (SSSR count). The van der Waals surface area contributed by atoms with Gasteiger partial charge in [0.25, 0.3) is 5.91 Å². The number of pyridine rings is 1. The largest absolute Gasteiger partial charge is 0.489 e. The number of rotatable bonds is 9. The van der Waals surface area contributed by atoms with E-state index in [2.05, 4.69) is 4.98 Å². The van der Waals surface area contributed by atoms with E-state index in [-0.39, 0.29) is 5.56 Å². The van der Waals surface area contributed by atoms with Crippen LogP contribution in [0.3, 0.4) is 0 Å². The molecule has 3 aromatic rings. The third-order valence-corrected chi connectivity index (χ3v) is 5.52. The summed E-state index contributed by atoms with van der Waals surface area (Å²) < 4.78 is 36.0. The zero-order valence-electron chi connectivity index (χ0n) is 17.7. The Morgan fingerprint density at radius 3 is 2.50 bits per heavy atom. The zero-order valence-corrected chi connectivity index (χ0v) is 18.5. The van der Waals surface area contributed by atoms with E-state index in [0.717, 1.165) is 22.9 Å². The summed E-state index contributed by atoms with van der Waals surface area (Å²) in [7, 11) is -3.60. The Balaban J connectivity index is 1.38. The zero-order chi connectivity index (χ0) is 22.6. The van der Waals surface area contributed by atoms with Crippen molar-refractivity contribution in [1.29, 1.82) is 0 Å². The molecule has 0 radical (unpaired) electrons. The maximum absolute atomic E-state index is 11.9. The van der Waals surface area contributed by atoms with E-state index >= 15 is 0 Å². The minimum absolute atomic E-state index is 0.263. The fourth-order valence-corrected chi connectivity index (χ4v) is 3.52. The molecule has 1 N–H and O–H groups in total. The molecular weight excluding hydrogens is 428 g/mol. The van der Waals surface area contributed by atoms with Crippen molar-refractivity contribution in [1.82, 2.24) is 9.71 Å². The van der Waals surface area contributed by atoms with Crippen molar-refractivity contribution in [3.05, 3.63) is 78.0 Å². The van der Waals surface area contributed by atoms with E-state index in [0.29, 0.717) is 30.8 Å². The lowest BCUT2D eigenvalue weighted by molar-refractivity contribution is 0.0981. The van der Waals surface area contributed by atoms with Gasteiger partial charge < -0.3 is 9.47 Å². The first-order chi connectivity index (χ1) is 15.4. The molecule has 0 spiro atoms. The van der Waals surface area contributed by atoms with Crippen molar-refractivity contribution in [3.8, 4) is 22.8 Å². The van der Waals surface area contributed by atoms with Crippen LogP contribution < -0.4 is 14.2 Å². The van der Waals surface area contributed by atoms with Gasteiger partial charge in [0.15, 0.2) is 0 Å². The van der Waals surface area contributed by atoms with E-state index < -0.39 is 15.9 Å². The van der Waals surface area contributed by atoms with Gasteiger partial charge in [-0.25, -0.2) is 18.1 Å². The predicted molar refractivity (Wildman–Crippen MR) is 121 cm³/mol. The normalized spacial score (nSPS) is 13.4. The number of sulfonamides is 1. The van der Waals surface area contributed by atoms with Gasteiger partial charge in [-0.1, -0.05) is 24.3 Å². The van der Waals surface area contributed by atoms with Crippen molar-refractivity contribution >= 4 is 15.9 Å². The Bertz CT molecular complexity index is 1210. The van der Waals surface area contributed by atoms with Crippen LogP contribution in [0.15, 0.2) is 66.9 Å². The van der Waals surface area contributed by atoms with Crippen LogP contribution >= 0.6 is 0 Å². The van der Waals surface area contributed by atoms with E-state index in [4.69, 9.17) is 9.47 Å². The van der Waals surface area contributed by atoms with Crippen LogP contribution in [-0.4, -0.2) is 32.2 Å². The lowest BCUT2D eigenvalue weighted by atomic mass is 10.1. The highest BCUT2D eigenvalue weighted by atomic mass is 32.2. The fourth-order valence-electron chi connectivity index (χ4n) is 3.07. The summed E-state index contributed by atoms with van der Waals surface area (Å²) in [6.07, 6.45) is 5.15. The molecule has 32 heavy (non-hydrogen) atoms. The summed E-state index contributed by atoms with van der Waals surface area (Å²) in [5.41, 5.74) is 3.11. The molecule has 2 aromatic carbocycles. The van der Waals surface area contributed by atoms with Gasteiger partial charge in [0.2, 0.25) is 15.9 Å². The third kappa shape index (κ3) is 6.31. The number of aromatic nitrogens is 1. The predicted octanol–water partition coefficient (Wildman–Crippen LogP) is 3.81. The van der Waals surface area contributed by atoms with Gasteiger partial charge in [-0.3, -0.25) is 4.79 Å². The molecule has 0 aliphatic heterocycles. The first kappa shape index (κ1) is 21.8. The van der Waals surface area contributed by atoms with E-state index in [1.807, 2.05) is 41.1 Å². The van der Waals surface area contributed by atoms with Crippen LogP contribution in [0.5, 0.6) is 11.6 Å². The van der Waals surface area contributed by atoms with Crippen LogP contribution in [0.25, 0.3) is 11.1 Å². The second-order valence-corrected chi connectivity index (χ2v) is 9.60. The average Bonchev–Trinajstić information content (AvgIpc) is 3.60. The maximum atomic E-state index is 11.9. The number of benzene rings is 2. The van der Waals surface area contributed by atoms with Crippen molar-refractivity contribution < 1.29 is 22.7 Å². The Morgan fingerprint density at radius 2 is 1.78 bits per heavy atom. The molecular formula is C24H24N2O5S. The molecule has 1 fully saturated rings. The topological polar surface area (TPSA) is 94.6 Å². The van der Waals surface area contributed by atoms with Crippen LogP contribution in [0.4, 0.5) is 0 Å². The summed E-state index contributed by atoms with van der Waals surface area (Å²) in [5, 5.41) is 0. The number of nitrogens with one attached hydrogen (secondary N) is 1. The minimum Gasteiger partial charge on any atom is -0.489 e. The van der Waals surface area contributed by atoms with Gasteiger partial charge in [0.05, 0.1) is 12.9 Å². The number of hydrogen-bond donors (Lipinski definition) is 1. The van der Waals surface area contributed by atoms with Gasteiger partial charge in [-0.2, -0.15) is 0 Å². The quantitative estimate of drug-likeness (QED) is 0.531. The molecule has 1 heterocycles. The molecule has 1 aromatic heterocycles. The molecule has 0 unspecified atom stereocenters. The molecule has 1 aliphatic carbocycles. The van der Waals surface area contributed by atoms with Crippen molar-refractivity contribution in [2.75, 3.05) is 12.9 Å². The van der Waals surface area contributed by atoms with Gasteiger partial charge in [0.1, 0.15) is 12.4 Å². The summed E-state index contributed by atoms with van der Waals surface area (Å²) in [5.74, 6) is 1.34. The number of carbonyl (C=O) groups is 1. The Labute approximate surface area is 187 Å². The molecule has 0 saturated heterocycles. The number of hydrogen-bond acceptors (Lipinski definition) is 6. The van der Waals surface area contributed by atoms with Crippen LogP contribution in [0.2, 0.25) is 0 Å². The lowest BCUT2D eigenvalue weighted by Crippen LogP contribution is -2.29. The molecule has 0 bridgehead atoms. The highest BCUT2D eigenvalue weighted by molar-refractivity contribution is 7.89. The van der Waals surface area contributed by atoms with Crippen LogP contribution in [-0.2, 0) is 16.6 Å². The smallest absolute Gasteiger partial charge is 0.264 e. The Hall–Kier alpha value is -3.39. The van der Waals surface area contributed by atoms with Crippen molar-refractivity contribution in [2.24, 2.45) is 5.92 Å². The lowest BCUT2D eigenvalue weighted by Gasteiger charge is -2.10. The third-order valence-electron chi connectivity index (χ3n) is 4.97. The van der Waals surface area contributed by atoms with E-state index in [9.17, 15) is 13.2 Å². The number of amides is 1. The second-order valence-electron chi connectivity index (χ2n) is 7.85. The monoisotopic (exact) mass is 452 g/mol. The number of carbonyl (C=O) groups excluding carboxylic acids is 1. The standard InChI is InChI=1S/C24H24N2O5S/c1-32(28,29)26-24(27)19-9-7-18(8-10-19)15-30-22-4-2-3-20(13-22)21-11-12-25-23(14-21)31-16-17-5-6-17/h2-4,7-14,17H,5-6,15-16H2,1H3,(H,26,27). The highest BCUT2D eigenvalue weighted by Gasteiger charge is 2.22. The molecule has 8 heteroatoms. The number of ether oxygens (including phenoxy) is 2. The maximum Gasteiger partial charge on any atom is 0.264 e. The summed E-state index contributed by atoms with van der Waals surface area (Å²) >= 11 is 0. The average molecular weight is 453 g/mol. The Kier molecular flexibility index (Phi) is 6.41.